The molecule has 160 valence electrons. The Labute approximate surface area is 181 Å². The van der Waals surface area contributed by atoms with Gasteiger partial charge in [-0.05, 0) is 43.8 Å². The molecule has 2 aromatic carbocycles. The summed E-state index contributed by atoms with van der Waals surface area (Å²) in [6.07, 6.45) is 2.21. The molecule has 3 aromatic rings. The van der Waals surface area contributed by atoms with Gasteiger partial charge < -0.3 is 15.0 Å². The van der Waals surface area contributed by atoms with E-state index in [1.165, 1.54) is 13.4 Å². The average molecular weight is 450 g/mol. The lowest BCUT2D eigenvalue weighted by molar-refractivity contribution is 0.318. The largest absolute Gasteiger partial charge is 0.493 e. The Morgan fingerprint density at radius 3 is 2.63 bits per heavy atom. The lowest BCUT2D eigenvalue weighted by atomic mass is 10.2. The fourth-order valence-corrected chi connectivity index (χ4v) is 3.75. The summed E-state index contributed by atoms with van der Waals surface area (Å²) in [5.41, 5.74) is 2.14. The predicted octanol–water partition coefficient (Wildman–Crippen LogP) is 3.36. The molecule has 0 radical (unpaired) electrons. The maximum Gasteiger partial charge on any atom is 0.240 e. The number of halogens is 1. The second-order valence-corrected chi connectivity index (χ2v) is 8.96. The van der Waals surface area contributed by atoms with Crippen molar-refractivity contribution < 1.29 is 13.2 Å². The highest BCUT2D eigenvalue weighted by molar-refractivity contribution is 7.89. The highest BCUT2D eigenvalue weighted by atomic mass is 35.5. The molecule has 0 atom stereocenters. The van der Waals surface area contributed by atoms with Gasteiger partial charge in [0.2, 0.25) is 10.0 Å². The van der Waals surface area contributed by atoms with Gasteiger partial charge in [-0.25, -0.2) is 23.1 Å². The Hall–Kier alpha value is -2.62. The smallest absolute Gasteiger partial charge is 0.240 e. The van der Waals surface area contributed by atoms with E-state index in [2.05, 4.69) is 20.0 Å². The van der Waals surface area contributed by atoms with Gasteiger partial charge in [-0.1, -0.05) is 0 Å². The van der Waals surface area contributed by atoms with Crippen LogP contribution < -0.4 is 19.7 Å². The number of alkyl halides is 1. The molecule has 0 aliphatic carbocycles. The number of benzene rings is 2. The number of nitrogens with one attached hydrogen (secondary N) is 2. The van der Waals surface area contributed by atoms with Crippen LogP contribution in [0.25, 0.3) is 10.9 Å². The van der Waals surface area contributed by atoms with E-state index >= 15 is 0 Å². The molecule has 0 amide bonds. The van der Waals surface area contributed by atoms with Crippen molar-refractivity contribution in [2.45, 2.75) is 11.3 Å². The Morgan fingerprint density at radius 1 is 1.13 bits per heavy atom. The van der Waals surface area contributed by atoms with Crippen LogP contribution in [0.5, 0.6) is 5.75 Å². The zero-order chi connectivity index (χ0) is 21.7. The summed E-state index contributed by atoms with van der Waals surface area (Å²) in [5.74, 6) is 1.81. The molecule has 30 heavy (non-hydrogen) atoms. The van der Waals surface area contributed by atoms with E-state index in [0.717, 1.165) is 17.5 Å². The Kier molecular flexibility index (Phi) is 6.96. The van der Waals surface area contributed by atoms with Crippen molar-refractivity contribution in [2.24, 2.45) is 0 Å². The van der Waals surface area contributed by atoms with Crippen molar-refractivity contribution in [3.05, 3.63) is 42.7 Å². The third kappa shape index (κ3) is 4.92. The van der Waals surface area contributed by atoms with E-state index in [0.29, 0.717) is 35.3 Å². The SMILES string of the molecule is CNS(=O)(=O)c1ccc(N(C)C)c(Nc2ncnc3cc(OCCCCl)ccc23)c1. The van der Waals surface area contributed by atoms with Crippen LogP contribution in [0.1, 0.15) is 6.42 Å². The minimum absolute atomic E-state index is 0.159. The van der Waals surface area contributed by atoms with Crippen molar-refractivity contribution in [1.29, 1.82) is 0 Å². The second-order valence-electron chi connectivity index (χ2n) is 6.70. The molecule has 0 fully saturated rings. The monoisotopic (exact) mass is 449 g/mol. The summed E-state index contributed by atoms with van der Waals surface area (Å²) < 4.78 is 32.5. The summed E-state index contributed by atoms with van der Waals surface area (Å²) in [6, 6.07) is 10.5. The minimum atomic E-state index is -3.58. The first-order valence-electron chi connectivity index (χ1n) is 9.31. The standard InChI is InChI=1S/C20H24ClN5O3S/c1-22-30(27,28)15-6-8-19(26(2)3)18(12-15)25-20-16-7-5-14(29-10-4-9-21)11-17(16)23-13-24-20/h5-8,11-13,22H,4,9-10H2,1-3H3,(H,23,24,25). The van der Waals surface area contributed by atoms with Gasteiger partial charge >= 0.3 is 0 Å². The van der Waals surface area contributed by atoms with Gasteiger partial charge in [0.1, 0.15) is 17.9 Å². The van der Waals surface area contributed by atoms with Gasteiger partial charge in [-0.15, -0.1) is 11.6 Å². The number of nitrogens with zero attached hydrogens (tertiary/aromatic N) is 3. The van der Waals surface area contributed by atoms with Gasteiger partial charge in [-0.2, -0.15) is 0 Å². The number of rotatable bonds is 9. The summed E-state index contributed by atoms with van der Waals surface area (Å²) >= 11 is 5.69. The van der Waals surface area contributed by atoms with Crippen LogP contribution in [-0.4, -0.2) is 52.0 Å². The van der Waals surface area contributed by atoms with Crippen molar-refractivity contribution in [3.63, 3.8) is 0 Å². The summed E-state index contributed by atoms with van der Waals surface area (Å²) in [6.45, 7) is 0.532. The zero-order valence-electron chi connectivity index (χ0n) is 17.0. The molecule has 1 heterocycles. The van der Waals surface area contributed by atoms with Gasteiger partial charge in [0.25, 0.3) is 0 Å². The molecule has 0 saturated heterocycles. The van der Waals surface area contributed by atoms with E-state index in [4.69, 9.17) is 16.3 Å². The number of anilines is 3. The summed E-state index contributed by atoms with van der Waals surface area (Å²) in [7, 11) is 1.57. The van der Waals surface area contributed by atoms with Crippen molar-refractivity contribution in [3.8, 4) is 5.75 Å². The van der Waals surface area contributed by atoms with Crippen LogP contribution in [0.4, 0.5) is 17.2 Å². The van der Waals surface area contributed by atoms with Gasteiger partial charge in [0, 0.05) is 31.4 Å². The maximum absolute atomic E-state index is 12.2. The van der Waals surface area contributed by atoms with Crippen LogP contribution >= 0.6 is 11.6 Å². The molecule has 1 aromatic heterocycles. The molecule has 0 bridgehead atoms. The molecule has 8 nitrogen and oxygen atoms in total. The van der Waals surface area contributed by atoms with Crippen molar-refractivity contribution >= 4 is 49.7 Å². The summed E-state index contributed by atoms with van der Waals surface area (Å²) in [5, 5.41) is 4.05. The van der Waals surface area contributed by atoms with Crippen LogP contribution in [-0.2, 0) is 10.0 Å². The Morgan fingerprint density at radius 2 is 1.93 bits per heavy atom. The maximum atomic E-state index is 12.2. The van der Waals surface area contributed by atoms with Crippen LogP contribution in [0.3, 0.4) is 0 Å². The number of ether oxygens (including phenoxy) is 1. The van der Waals surface area contributed by atoms with Crippen LogP contribution in [0.15, 0.2) is 47.6 Å². The number of hydrogen-bond acceptors (Lipinski definition) is 7. The van der Waals surface area contributed by atoms with Gasteiger partial charge in [0.15, 0.2) is 0 Å². The molecule has 0 saturated carbocycles. The summed E-state index contributed by atoms with van der Waals surface area (Å²) in [4.78, 5) is 10.7. The molecular weight excluding hydrogens is 426 g/mol. The molecule has 2 N–H and O–H groups in total. The first kappa shape index (κ1) is 22.1. The fraction of sp³-hybridized carbons (Fsp3) is 0.300. The highest BCUT2D eigenvalue weighted by Crippen LogP contribution is 2.32. The first-order valence-corrected chi connectivity index (χ1v) is 11.3. The van der Waals surface area contributed by atoms with Gasteiger partial charge in [-0.3, -0.25) is 0 Å². The number of sulfonamides is 1. The predicted molar refractivity (Wildman–Crippen MR) is 121 cm³/mol. The Bertz CT molecular complexity index is 1140. The quantitative estimate of drug-likeness (QED) is 0.382. The molecule has 0 spiro atoms. The average Bonchev–Trinajstić information content (AvgIpc) is 2.73. The van der Waals surface area contributed by atoms with Crippen LogP contribution in [0, 0.1) is 0 Å². The van der Waals surface area contributed by atoms with Crippen LogP contribution in [0.2, 0.25) is 0 Å². The van der Waals surface area contributed by atoms with E-state index in [9.17, 15) is 8.42 Å². The fourth-order valence-electron chi connectivity index (χ4n) is 2.89. The third-order valence-corrected chi connectivity index (χ3v) is 6.12. The molecule has 3 rings (SSSR count). The lowest BCUT2D eigenvalue weighted by Crippen LogP contribution is -2.19. The highest BCUT2D eigenvalue weighted by Gasteiger charge is 2.16. The number of aromatic nitrogens is 2. The second kappa shape index (κ2) is 9.46. The first-order chi connectivity index (χ1) is 14.4. The molecular formula is C20H24ClN5O3S. The molecule has 10 heteroatoms. The molecule has 0 unspecified atom stereocenters. The number of hydrogen-bond donors (Lipinski definition) is 2. The van der Waals surface area contributed by atoms with E-state index in [-0.39, 0.29) is 4.90 Å². The third-order valence-electron chi connectivity index (χ3n) is 4.44. The number of fused-ring (bicyclic) bond motifs is 1. The van der Waals surface area contributed by atoms with Crippen molar-refractivity contribution in [1.82, 2.24) is 14.7 Å². The van der Waals surface area contributed by atoms with E-state index in [1.54, 1.807) is 18.2 Å². The zero-order valence-corrected chi connectivity index (χ0v) is 18.6. The normalized spacial score (nSPS) is 11.5. The van der Waals surface area contributed by atoms with Gasteiger partial charge in [0.05, 0.1) is 28.4 Å². The molecule has 0 aliphatic rings. The molecule has 0 aliphatic heterocycles. The van der Waals surface area contributed by atoms with E-state index < -0.39 is 10.0 Å². The minimum Gasteiger partial charge on any atom is -0.493 e. The lowest BCUT2D eigenvalue weighted by Gasteiger charge is -2.20. The Balaban J connectivity index is 2.00. The topological polar surface area (TPSA) is 96.5 Å². The van der Waals surface area contributed by atoms with E-state index in [1.807, 2.05) is 37.2 Å². The van der Waals surface area contributed by atoms with Crippen molar-refractivity contribution in [2.75, 3.05) is 43.8 Å².